The molecule has 3 aromatic rings. The summed E-state index contributed by atoms with van der Waals surface area (Å²) >= 11 is 0. The fraction of sp³-hybridized carbons (Fsp3) is 0.409. The molecule has 0 aliphatic carbocycles. The maximum atomic E-state index is 11.6. The van der Waals surface area contributed by atoms with Gasteiger partial charge in [-0.15, -0.1) is 0 Å². The molecule has 0 radical (unpaired) electrons. The summed E-state index contributed by atoms with van der Waals surface area (Å²) in [5.74, 6) is 1.98. The summed E-state index contributed by atoms with van der Waals surface area (Å²) in [6.07, 6.45) is 5.28. The van der Waals surface area contributed by atoms with Gasteiger partial charge in [0.25, 0.3) is 0 Å². The molecule has 1 amide bonds. The third-order valence-electron chi connectivity index (χ3n) is 5.72. The number of anilines is 1. The van der Waals surface area contributed by atoms with Crippen molar-refractivity contribution in [2.24, 2.45) is 0 Å². The molecular formula is C22H25N5O2. The number of carbonyl (C=O) groups excluding carboxylic acids is 1. The van der Waals surface area contributed by atoms with E-state index in [9.17, 15) is 4.79 Å². The Morgan fingerprint density at radius 1 is 1.24 bits per heavy atom. The van der Waals surface area contributed by atoms with Crippen LogP contribution in [0.4, 0.5) is 5.82 Å². The van der Waals surface area contributed by atoms with Crippen LogP contribution in [0.25, 0.3) is 22.3 Å². The number of hydrogen-bond donors (Lipinski definition) is 1. The Bertz CT molecular complexity index is 1050. The lowest BCUT2D eigenvalue weighted by atomic mass is 10.1. The molecule has 2 fully saturated rings. The number of morpholine rings is 1. The lowest BCUT2D eigenvalue weighted by Crippen LogP contribution is -2.37. The Morgan fingerprint density at radius 2 is 2.10 bits per heavy atom. The maximum Gasteiger partial charge on any atom is 0.220 e. The second-order valence-electron chi connectivity index (χ2n) is 7.86. The number of hydrogen-bond acceptors (Lipinski definition) is 5. The van der Waals surface area contributed by atoms with E-state index in [2.05, 4.69) is 51.0 Å². The molecule has 1 atom stereocenters. The summed E-state index contributed by atoms with van der Waals surface area (Å²) in [4.78, 5) is 23.6. The zero-order valence-corrected chi connectivity index (χ0v) is 16.6. The molecule has 2 saturated heterocycles. The molecule has 5 rings (SSSR count). The Morgan fingerprint density at radius 3 is 2.90 bits per heavy atom. The van der Waals surface area contributed by atoms with Crippen LogP contribution in [0.1, 0.15) is 18.4 Å². The van der Waals surface area contributed by atoms with Crippen molar-refractivity contribution in [1.82, 2.24) is 19.9 Å². The van der Waals surface area contributed by atoms with Gasteiger partial charge in [0.2, 0.25) is 5.91 Å². The van der Waals surface area contributed by atoms with E-state index >= 15 is 0 Å². The number of carbonyl (C=O) groups is 1. The molecule has 150 valence electrons. The van der Waals surface area contributed by atoms with E-state index in [1.54, 1.807) is 0 Å². The molecule has 2 aliphatic rings. The highest BCUT2D eigenvalue weighted by molar-refractivity contribution is 5.88. The Hall–Kier alpha value is -2.93. The SMILES string of the molecule is Cc1ccc2cc(-c3nccn3CC3CCC(=O)N3)c(N3CCOCC3)nc2c1. The number of aryl methyl sites for hydroxylation is 1. The number of imidazole rings is 1. The van der Waals surface area contributed by atoms with Gasteiger partial charge in [0.1, 0.15) is 11.6 Å². The van der Waals surface area contributed by atoms with Crippen LogP contribution in [0.15, 0.2) is 36.7 Å². The predicted molar refractivity (Wildman–Crippen MR) is 112 cm³/mol. The monoisotopic (exact) mass is 391 g/mol. The summed E-state index contributed by atoms with van der Waals surface area (Å²) in [5, 5.41) is 4.16. The average molecular weight is 391 g/mol. The van der Waals surface area contributed by atoms with E-state index in [4.69, 9.17) is 9.72 Å². The molecular weight excluding hydrogens is 366 g/mol. The molecule has 1 unspecified atom stereocenters. The minimum absolute atomic E-state index is 0.133. The van der Waals surface area contributed by atoms with Crippen molar-refractivity contribution in [2.75, 3.05) is 31.2 Å². The lowest BCUT2D eigenvalue weighted by molar-refractivity contribution is -0.119. The highest BCUT2D eigenvalue weighted by atomic mass is 16.5. The van der Waals surface area contributed by atoms with Gasteiger partial charge >= 0.3 is 0 Å². The average Bonchev–Trinajstić information content (AvgIpc) is 3.36. The maximum absolute atomic E-state index is 11.6. The summed E-state index contributed by atoms with van der Waals surface area (Å²) in [6.45, 7) is 5.85. The van der Waals surface area contributed by atoms with Crippen molar-refractivity contribution in [1.29, 1.82) is 0 Å². The van der Waals surface area contributed by atoms with Crippen molar-refractivity contribution >= 4 is 22.6 Å². The summed E-state index contributed by atoms with van der Waals surface area (Å²) in [6, 6.07) is 8.71. The molecule has 7 heteroatoms. The van der Waals surface area contributed by atoms with Crippen molar-refractivity contribution in [2.45, 2.75) is 32.4 Å². The Balaban J connectivity index is 1.59. The molecule has 1 aromatic carbocycles. The first-order valence-corrected chi connectivity index (χ1v) is 10.2. The van der Waals surface area contributed by atoms with Crippen LogP contribution in [-0.2, 0) is 16.1 Å². The van der Waals surface area contributed by atoms with Crippen LogP contribution in [0, 0.1) is 6.92 Å². The summed E-state index contributed by atoms with van der Waals surface area (Å²) in [7, 11) is 0. The molecule has 1 N–H and O–H groups in total. The van der Waals surface area contributed by atoms with Gasteiger partial charge < -0.3 is 19.5 Å². The third kappa shape index (κ3) is 3.58. The van der Waals surface area contributed by atoms with Gasteiger partial charge in [-0.05, 0) is 31.0 Å². The quantitative estimate of drug-likeness (QED) is 0.740. The molecule has 2 aliphatic heterocycles. The van der Waals surface area contributed by atoms with Crippen molar-refractivity contribution < 1.29 is 9.53 Å². The standard InChI is InChI=1S/C22H25N5O2/c1-15-2-3-16-13-18(22(25-19(16)12-15)26-8-10-29-11-9-26)21-23-6-7-27(21)14-17-4-5-20(28)24-17/h2-3,6-7,12-13,17H,4-5,8-11,14H2,1H3,(H,24,28). The first-order chi connectivity index (χ1) is 14.2. The minimum atomic E-state index is 0.133. The summed E-state index contributed by atoms with van der Waals surface area (Å²) in [5.41, 5.74) is 3.22. The largest absolute Gasteiger partial charge is 0.378 e. The van der Waals surface area contributed by atoms with E-state index in [1.807, 2.05) is 12.4 Å². The van der Waals surface area contributed by atoms with Gasteiger partial charge in [-0.2, -0.15) is 0 Å². The second-order valence-corrected chi connectivity index (χ2v) is 7.86. The zero-order chi connectivity index (χ0) is 19.8. The van der Waals surface area contributed by atoms with Crippen molar-refractivity contribution in [3.8, 4) is 11.4 Å². The smallest absolute Gasteiger partial charge is 0.220 e. The van der Waals surface area contributed by atoms with Crippen molar-refractivity contribution in [3.05, 3.63) is 42.2 Å². The first kappa shape index (κ1) is 18.1. The van der Waals surface area contributed by atoms with Gasteiger partial charge in [-0.3, -0.25) is 4.79 Å². The normalized spacial score (nSPS) is 19.7. The zero-order valence-electron chi connectivity index (χ0n) is 16.6. The number of rotatable bonds is 4. The van der Waals surface area contributed by atoms with E-state index in [1.165, 1.54) is 5.56 Å². The second kappa shape index (κ2) is 7.48. The number of aromatic nitrogens is 3. The molecule has 7 nitrogen and oxygen atoms in total. The van der Waals surface area contributed by atoms with E-state index in [0.717, 1.165) is 54.2 Å². The van der Waals surface area contributed by atoms with Gasteiger partial charge in [0, 0.05) is 49.9 Å². The molecule has 0 saturated carbocycles. The number of benzene rings is 1. The number of fused-ring (bicyclic) bond motifs is 1. The van der Waals surface area contributed by atoms with Crippen LogP contribution in [0.3, 0.4) is 0 Å². The number of ether oxygens (including phenoxy) is 1. The van der Waals surface area contributed by atoms with Gasteiger partial charge in [0.15, 0.2) is 0 Å². The highest BCUT2D eigenvalue weighted by Crippen LogP contribution is 2.33. The van der Waals surface area contributed by atoms with Gasteiger partial charge in [-0.25, -0.2) is 9.97 Å². The highest BCUT2D eigenvalue weighted by Gasteiger charge is 2.24. The molecule has 4 heterocycles. The van der Waals surface area contributed by atoms with Gasteiger partial charge in [0.05, 0.1) is 24.3 Å². The number of nitrogens with one attached hydrogen (secondary N) is 1. The first-order valence-electron chi connectivity index (χ1n) is 10.2. The Kier molecular flexibility index (Phi) is 4.67. The van der Waals surface area contributed by atoms with Crippen LogP contribution in [-0.4, -0.2) is 52.8 Å². The van der Waals surface area contributed by atoms with Crippen LogP contribution < -0.4 is 10.2 Å². The van der Waals surface area contributed by atoms with E-state index in [-0.39, 0.29) is 11.9 Å². The molecule has 29 heavy (non-hydrogen) atoms. The molecule has 0 bridgehead atoms. The number of amides is 1. The lowest BCUT2D eigenvalue weighted by Gasteiger charge is -2.30. The Labute approximate surface area is 169 Å². The number of nitrogens with zero attached hydrogens (tertiary/aromatic N) is 4. The third-order valence-corrected chi connectivity index (χ3v) is 5.72. The van der Waals surface area contributed by atoms with Crippen LogP contribution in [0.5, 0.6) is 0 Å². The van der Waals surface area contributed by atoms with Crippen LogP contribution in [0.2, 0.25) is 0 Å². The van der Waals surface area contributed by atoms with E-state index in [0.29, 0.717) is 19.6 Å². The predicted octanol–water partition coefficient (Wildman–Crippen LogP) is 2.52. The fourth-order valence-corrected chi connectivity index (χ4v) is 4.20. The van der Waals surface area contributed by atoms with Crippen molar-refractivity contribution in [3.63, 3.8) is 0 Å². The molecule has 0 spiro atoms. The van der Waals surface area contributed by atoms with Crippen LogP contribution >= 0.6 is 0 Å². The number of pyridine rings is 1. The van der Waals surface area contributed by atoms with E-state index < -0.39 is 0 Å². The topological polar surface area (TPSA) is 72.3 Å². The molecule has 2 aromatic heterocycles. The van der Waals surface area contributed by atoms with Gasteiger partial charge in [-0.1, -0.05) is 12.1 Å². The summed E-state index contributed by atoms with van der Waals surface area (Å²) < 4.78 is 7.69. The minimum Gasteiger partial charge on any atom is -0.378 e. The fourth-order valence-electron chi connectivity index (χ4n) is 4.20.